The van der Waals surface area contributed by atoms with Crippen molar-refractivity contribution in [2.24, 2.45) is 0 Å². The average Bonchev–Trinajstić information content (AvgIpc) is 2.54. The number of hydrogen-bond acceptors (Lipinski definition) is 3. The Labute approximate surface area is 129 Å². The molecule has 1 aliphatic rings. The van der Waals surface area contributed by atoms with Gasteiger partial charge in [0.05, 0.1) is 0 Å². The minimum Gasteiger partial charge on any atom is -0.352 e. The molecule has 2 rings (SSSR count). The summed E-state index contributed by atoms with van der Waals surface area (Å²) in [7, 11) is 0. The number of rotatable bonds is 8. The molecule has 1 aliphatic carbocycles. The van der Waals surface area contributed by atoms with Crippen LogP contribution in [-0.4, -0.2) is 32.1 Å². The van der Waals surface area contributed by atoms with Crippen molar-refractivity contribution in [2.45, 2.75) is 57.8 Å². The molecule has 3 heteroatoms. The van der Waals surface area contributed by atoms with E-state index >= 15 is 0 Å². The Morgan fingerprint density at radius 3 is 2.38 bits per heavy atom. The highest BCUT2D eigenvalue weighted by Crippen LogP contribution is 2.32. The van der Waals surface area contributed by atoms with Gasteiger partial charge in [-0.2, -0.15) is 0 Å². The first-order valence-corrected chi connectivity index (χ1v) is 8.36. The minimum atomic E-state index is -0.127. The van der Waals surface area contributed by atoms with Gasteiger partial charge in [-0.25, -0.2) is 0 Å². The maximum Gasteiger partial charge on any atom is 0.169 e. The largest absolute Gasteiger partial charge is 0.352 e. The lowest BCUT2D eigenvalue weighted by Gasteiger charge is -2.33. The average molecular weight is 291 g/mol. The van der Waals surface area contributed by atoms with E-state index in [-0.39, 0.29) is 6.29 Å². The van der Waals surface area contributed by atoms with Gasteiger partial charge in [-0.1, -0.05) is 43.2 Å². The van der Waals surface area contributed by atoms with Crippen LogP contribution in [0.15, 0.2) is 30.3 Å². The highest BCUT2D eigenvalue weighted by molar-refractivity contribution is 5.21. The van der Waals surface area contributed by atoms with Crippen LogP contribution in [-0.2, 0) is 9.47 Å². The van der Waals surface area contributed by atoms with Crippen molar-refractivity contribution in [1.29, 1.82) is 0 Å². The number of nitrogens with one attached hydrogen (secondary N) is 1. The Morgan fingerprint density at radius 2 is 1.71 bits per heavy atom. The molecule has 0 radical (unpaired) electrons. The van der Waals surface area contributed by atoms with E-state index in [9.17, 15) is 0 Å². The zero-order valence-electron chi connectivity index (χ0n) is 13.4. The summed E-state index contributed by atoms with van der Waals surface area (Å²) in [5, 5.41) is 3.69. The third-order valence-electron chi connectivity index (χ3n) is 4.25. The molecule has 0 amide bonds. The van der Waals surface area contributed by atoms with Gasteiger partial charge < -0.3 is 14.8 Å². The van der Waals surface area contributed by atoms with Crippen molar-refractivity contribution in [3.63, 3.8) is 0 Å². The highest BCUT2D eigenvalue weighted by Gasteiger charge is 2.26. The van der Waals surface area contributed by atoms with Crippen LogP contribution >= 0.6 is 0 Å². The van der Waals surface area contributed by atoms with Crippen LogP contribution in [0.2, 0.25) is 0 Å². The van der Waals surface area contributed by atoms with E-state index in [1.54, 1.807) is 0 Å². The van der Waals surface area contributed by atoms with Crippen LogP contribution in [0.25, 0.3) is 0 Å². The molecule has 1 fully saturated rings. The normalized spacial score (nSPS) is 22.6. The predicted octanol–water partition coefficient (Wildman–Crippen LogP) is 3.70. The van der Waals surface area contributed by atoms with Gasteiger partial charge in [0.25, 0.3) is 0 Å². The van der Waals surface area contributed by atoms with Gasteiger partial charge in [0, 0.05) is 25.8 Å². The summed E-state index contributed by atoms with van der Waals surface area (Å²) in [4.78, 5) is 0. The number of hydrogen-bond donors (Lipinski definition) is 1. The van der Waals surface area contributed by atoms with Crippen LogP contribution < -0.4 is 5.32 Å². The molecule has 1 N–H and O–H groups in total. The summed E-state index contributed by atoms with van der Waals surface area (Å²) in [6, 6.07) is 11.4. The fourth-order valence-electron chi connectivity index (χ4n) is 3.26. The Kier molecular flexibility index (Phi) is 7.20. The molecular formula is C18H29NO2. The van der Waals surface area contributed by atoms with Gasteiger partial charge in [0.1, 0.15) is 0 Å². The van der Waals surface area contributed by atoms with Crippen LogP contribution in [0, 0.1) is 0 Å². The minimum absolute atomic E-state index is 0.127. The summed E-state index contributed by atoms with van der Waals surface area (Å²) in [6.45, 7) is 6.19. The summed E-state index contributed by atoms with van der Waals surface area (Å²) in [5.74, 6) is 0.615. The highest BCUT2D eigenvalue weighted by atomic mass is 16.7. The smallest absolute Gasteiger partial charge is 0.169 e. The molecule has 0 bridgehead atoms. The lowest BCUT2D eigenvalue weighted by Crippen LogP contribution is -2.42. The molecule has 0 saturated heterocycles. The molecule has 1 saturated carbocycles. The van der Waals surface area contributed by atoms with E-state index in [0.29, 0.717) is 25.2 Å². The number of benzene rings is 1. The second-order valence-corrected chi connectivity index (χ2v) is 5.66. The zero-order chi connectivity index (χ0) is 14.9. The van der Waals surface area contributed by atoms with Gasteiger partial charge in [-0.3, -0.25) is 0 Å². The monoisotopic (exact) mass is 291 g/mol. The van der Waals surface area contributed by atoms with Gasteiger partial charge in [0.15, 0.2) is 6.29 Å². The molecule has 0 heterocycles. The van der Waals surface area contributed by atoms with E-state index in [4.69, 9.17) is 9.47 Å². The molecule has 0 aliphatic heterocycles. The zero-order valence-corrected chi connectivity index (χ0v) is 13.4. The van der Waals surface area contributed by atoms with Crippen LogP contribution in [0.4, 0.5) is 0 Å². The molecular weight excluding hydrogens is 262 g/mol. The Balaban J connectivity index is 1.92. The van der Waals surface area contributed by atoms with Crippen molar-refractivity contribution in [3.05, 3.63) is 35.9 Å². The first kappa shape index (κ1) is 16.5. The Morgan fingerprint density at radius 1 is 1.05 bits per heavy atom. The van der Waals surface area contributed by atoms with E-state index in [1.807, 2.05) is 13.8 Å². The SMILES string of the molecule is CCOC(CNC1CCCCC1c1ccccc1)OCC. The third kappa shape index (κ3) is 5.10. The summed E-state index contributed by atoms with van der Waals surface area (Å²) >= 11 is 0. The van der Waals surface area contributed by atoms with Crippen molar-refractivity contribution < 1.29 is 9.47 Å². The second-order valence-electron chi connectivity index (χ2n) is 5.66. The Bertz CT molecular complexity index is 376. The van der Waals surface area contributed by atoms with Gasteiger partial charge in [0.2, 0.25) is 0 Å². The molecule has 1 aromatic carbocycles. The summed E-state index contributed by atoms with van der Waals surface area (Å²) in [6.07, 6.45) is 5.03. The molecule has 118 valence electrons. The van der Waals surface area contributed by atoms with E-state index in [0.717, 1.165) is 6.54 Å². The standard InChI is InChI=1S/C18H29NO2/c1-3-20-18(21-4-2)14-19-17-13-9-8-12-16(17)15-10-6-5-7-11-15/h5-7,10-11,16-19H,3-4,8-9,12-14H2,1-2H3. The maximum atomic E-state index is 5.63. The first-order valence-electron chi connectivity index (χ1n) is 8.36. The van der Waals surface area contributed by atoms with Gasteiger partial charge in [-0.15, -0.1) is 0 Å². The summed E-state index contributed by atoms with van der Waals surface area (Å²) < 4.78 is 11.3. The lowest BCUT2D eigenvalue weighted by molar-refractivity contribution is -0.134. The molecule has 3 nitrogen and oxygen atoms in total. The van der Waals surface area contributed by atoms with Gasteiger partial charge in [-0.05, 0) is 38.2 Å². The van der Waals surface area contributed by atoms with Crippen LogP contribution in [0.1, 0.15) is 51.0 Å². The van der Waals surface area contributed by atoms with E-state index < -0.39 is 0 Å². The van der Waals surface area contributed by atoms with E-state index in [1.165, 1.54) is 31.2 Å². The van der Waals surface area contributed by atoms with Crippen molar-refractivity contribution in [1.82, 2.24) is 5.32 Å². The molecule has 2 unspecified atom stereocenters. The van der Waals surface area contributed by atoms with Crippen LogP contribution in [0.3, 0.4) is 0 Å². The first-order chi connectivity index (χ1) is 10.3. The number of ether oxygens (including phenoxy) is 2. The van der Waals surface area contributed by atoms with E-state index in [2.05, 4.69) is 35.6 Å². The molecule has 2 atom stereocenters. The fraction of sp³-hybridized carbons (Fsp3) is 0.667. The van der Waals surface area contributed by atoms with Crippen LogP contribution in [0.5, 0.6) is 0 Å². The fourth-order valence-corrected chi connectivity index (χ4v) is 3.26. The lowest BCUT2D eigenvalue weighted by atomic mass is 9.80. The van der Waals surface area contributed by atoms with Crippen molar-refractivity contribution in [2.75, 3.05) is 19.8 Å². The predicted molar refractivity (Wildman–Crippen MR) is 86.5 cm³/mol. The topological polar surface area (TPSA) is 30.5 Å². The molecule has 0 spiro atoms. The quantitative estimate of drug-likeness (QED) is 0.741. The molecule has 21 heavy (non-hydrogen) atoms. The molecule has 0 aromatic heterocycles. The van der Waals surface area contributed by atoms with Gasteiger partial charge >= 0.3 is 0 Å². The maximum absolute atomic E-state index is 5.63. The summed E-state index contributed by atoms with van der Waals surface area (Å²) in [5.41, 5.74) is 1.46. The second kappa shape index (κ2) is 9.19. The third-order valence-corrected chi connectivity index (χ3v) is 4.25. The Hall–Kier alpha value is -0.900. The molecule has 1 aromatic rings. The van der Waals surface area contributed by atoms with Crippen molar-refractivity contribution >= 4 is 0 Å². The van der Waals surface area contributed by atoms with Crippen molar-refractivity contribution in [3.8, 4) is 0 Å².